The molecule has 1 saturated carbocycles. The average Bonchev–Trinajstić information content (AvgIpc) is 2.93. The van der Waals surface area contributed by atoms with E-state index in [1.54, 1.807) is 0 Å². The van der Waals surface area contributed by atoms with Gasteiger partial charge in [0.15, 0.2) is 0 Å². The quantitative estimate of drug-likeness (QED) is 0.831. The number of halogens is 3. The van der Waals surface area contributed by atoms with Crippen LogP contribution in [-0.4, -0.2) is 48.3 Å². The molecule has 134 valence electrons. The lowest BCUT2D eigenvalue weighted by Crippen LogP contribution is -2.43. The number of benzene rings is 1. The van der Waals surface area contributed by atoms with Gasteiger partial charge in [-0.15, -0.1) is 0 Å². The molecule has 0 aromatic heterocycles. The molecule has 0 bridgehead atoms. The summed E-state index contributed by atoms with van der Waals surface area (Å²) >= 11 is 0. The lowest BCUT2D eigenvalue weighted by atomic mass is 10.0. The van der Waals surface area contributed by atoms with E-state index in [-0.39, 0.29) is 18.0 Å². The average molecular weight is 346 g/mol. The molecule has 24 heavy (non-hydrogen) atoms. The maximum atomic E-state index is 13.3. The molecule has 0 saturated heterocycles. The van der Waals surface area contributed by atoms with Crippen LogP contribution < -0.4 is 10.1 Å². The molecular weight excluding hydrogens is 325 g/mol. The number of amides is 2. The number of nitrogens with zero attached hydrogens (tertiary/aromatic N) is 1. The summed E-state index contributed by atoms with van der Waals surface area (Å²) in [5.41, 5.74) is -0.809. The molecular formula is C16H21F3N2O3. The molecule has 2 rings (SSSR count). The molecule has 1 aromatic rings. The summed E-state index contributed by atoms with van der Waals surface area (Å²) in [6.45, 7) is -0.741. The Morgan fingerprint density at radius 3 is 2.71 bits per heavy atom. The van der Waals surface area contributed by atoms with E-state index >= 15 is 0 Å². The molecule has 5 nitrogen and oxygen atoms in total. The van der Waals surface area contributed by atoms with Gasteiger partial charge < -0.3 is 20.1 Å². The Bertz CT molecular complexity index is 578. The second-order valence-corrected chi connectivity index (χ2v) is 6.06. The van der Waals surface area contributed by atoms with Crippen LogP contribution in [-0.2, 0) is 0 Å². The summed E-state index contributed by atoms with van der Waals surface area (Å²) in [5.74, 6) is -0.831. The van der Waals surface area contributed by atoms with Crippen LogP contribution in [0, 0.1) is 5.82 Å². The van der Waals surface area contributed by atoms with Crippen molar-refractivity contribution in [1.82, 2.24) is 4.90 Å². The van der Waals surface area contributed by atoms with E-state index in [1.165, 1.54) is 18.0 Å². The van der Waals surface area contributed by atoms with Gasteiger partial charge in [0.25, 0.3) is 6.43 Å². The van der Waals surface area contributed by atoms with Crippen molar-refractivity contribution in [2.24, 2.45) is 0 Å². The molecule has 2 amide bonds. The maximum Gasteiger partial charge on any atom is 0.321 e. The number of anilines is 1. The molecule has 1 aliphatic carbocycles. The lowest BCUT2D eigenvalue weighted by Gasteiger charge is -2.28. The zero-order chi connectivity index (χ0) is 17.7. The standard InChI is InChI=1S/C16H21F3N2O3/c1-21(10-16(23)6-2-3-7-16)15(22)20-12-5-4-11(17)8-13(12)24-9-14(18)19/h4-5,8,14,23H,2-3,6-7,9-10H2,1H3,(H,20,22). The van der Waals surface area contributed by atoms with Gasteiger partial charge in [-0.1, -0.05) is 12.8 Å². The Hall–Kier alpha value is -1.96. The number of carbonyl (C=O) groups is 1. The van der Waals surface area contributed by atoms with Gasteiger partial charge >= 0.3 is 6.03 Å². The third-order valence-electron chi connectivity index (χ3n) is 3.96. The highest BCUT2D eigenvalue weighted by atomic mass is 19.3. The first-order valence-electron chi connectivity index (χ1n) is 7.74. The highest BCUT2D eigenvalue weighted by Crippen LogP contribution is 2.30. The van der Waals surface area contributed by atoms with E-state index < -0.39 is 30.5 Å². The van der Waals surface area contributed by atoms with Gasteiger partial charge in [-0.2, -0.15) is 0 Å². The number of carbonyl (C=O) groups excluding carboxylic acids is 1. The van der Waals surface area contributed by atoms with Crippen molar-refractivity contribution >= 4 is 11.7 Å². The number of rotatable bonds is 6. The van der Waals surface area contributed by atoms with Gasteiger partial charge in [-0.3, -0.25) is 0 Å². The molecule has 0 atom stereocenters. The summed E-state index contributed by atoms with van der Waals surface area (Å²) in [4.78, 5) is 13.5. The molecule has 1 fully saturated rings. The Balaban J connectivity index is 2.02. The fraction of sp³-hybridized carbons (Fsp3) is 0.562. The fourth-order valence-electron chi connectivity index (χ4n) is 2.79. The summed E-state index contributed by atoms with van der Waals surface area (Å²) in [7, 11) is 1.52. The van der Waals surface area contributed by atoms with Crippen LogP contribution in [0.4, 0.5) is 23.7 Å². The Morgan fingerprint density at radius 1 is 1.42 bits per heavy atom. The number of hydrogen-bond donors (Lipinski definition) is 2. The first-order chi connectivity index (χ1) is 11.3. The van der Waals surface area contributed by atoms with Crippen LogP contribution in [0.2, 0.25) is 0 Å². The van der Waals surface area contributed by atoms with Crippen molar-refractivity contribution < 1.29 is 27.8 Å². The largest absolute Gasteiger partial charge is 0.485 e. The molecule has 1 aliphatic rings. The van der Waals surface area contributed by atoms with Gasteiger partial charge in [0.2, 0.25) is 0 Å². The number of nitrogens with one attached hydrogen (secondary N) is 1. The highest BCUT2D eigenvalue weighted by molar-refractivity contribution is 5.90. The van der Waals surface area contributed by atoms with Crippen LogP contribution in [0.3, 0.4) is 0 Å². The first-order valence-corrected chi connectivity index (χ1v) is 7.74. The molecule has 1 aromatic carbocycles. The monoisotopic (exact) mass is 346 g/mol. The van der Waals surface area contributed by atoms with E-state index in [9.17, 15) is 23.1 Å². The topological polar surface area (TPSA) is 61.8 Å². The minimum atomic E-state index is -2.71. The van der Waals surface area contributed by atoms with Gasteiger partial charge in [-0.25, -0.2) is 18.0 Å². The highest BCUT2D eigenvalue weighted by Gasteiger charge is 2.33. The molecule has 0 spiro atoms. The van der Waals surface area contributed by atoms with E-state index in [0.29, 0.717) is 12.8 Å². The smallest absolute Gasteiger partial charge is 0.321 e. The second-order valence-electron chi connectivity index (χ2n) is 6.06. The number of ether oxygens (including phenoxy) is 1. The number of likely N-dealkylation sites (N-methyl/N-ethyl adjacent to an activating group) is 1. The van der Waals surface area contributed by atoms with Crippen molar-refractivity contribution in [3.8, 4) is 5.75 Å². The van der Waals surface area contributed by atoms with Gasteiger partial charge in [0, 0.05) is 13.1 Å². The second kappa shape index (κ2) is 7.74. The van der Waals surface area contributed by atoms with Gasteiger partial charge in [-0.05, 0) is 25.0 Å². The van der Waals surface area contributed by atoms with E-state index in [0.717, 1.165) is 25.0 Å². The predicted molar refractivity (Wildman–Crippen MR) is 83.0 cm³/mol. The van der Waals surface area contributed by atoms with Crippen LogP contribution in [0.25, 0.3) is 0 Å². The fourth-order valence-corrected chi connectivity index (χ4v) is 2.79. The minimum absolute atomic E-state index is 0.0901. The number of hydrogen-bond acceptors (Lipinski definition) is 3. The Labute approximate surface area is 138 Å². The van der Waals surface area contributed by atoms with E-state index in [2.05, 4.69) is 5.32 Å². The van der Waals surface area contributed by atoms with E-state index in [4.69, 9.17) is 4.74 Å². The normalized spacial score (nSPS) is 16.2. The Morgan fingerprint density at radius 2 is 2.08 bits per heavy atom. The zero-order valence-corrected chi connectivity index (χ0v) is 13.4. The first kappa shape index (κ1) is 18.4. The number of alkyl halides is 2. The number of aliphatic hydroxyl groups is 1. The van der Waals surface area contributed by atoms with E-state index in [1.807, 2.05) is 0 Å². The van der Waals surface area contributed by atoms with Crippen LogP contribution in [0.1, 0.15) is 25.7 Å². The summed E-state index contributed by atoms with van der Waals surface area (Å²) in [5, 5.41) is 12.8. The maximum absolute atomic E-state index is 13.3. The molecule has 0 aliphatic heterocycles. The zero-order valence-electron chi connectivity index (χ0n) is 13.4. The predicted octanol–water partition coefficient (Wildman–Crippen LogP) is 3.24. The SMILES string of the molecule is CN(CC1(O)CCCC1)C(=O)Nc1ccc(F)cc1OCC(F)F. The third kappa shape index (κ3) is 5.02. The van der Waals surface area contributed by atoms with Crippen molar-refractivity contribution in [1.29, 1.82) is 0 Å². The van der Waals surface area contributed by atoms with Gasteiger partial charge in [0.1, 0.15) is 18.2 Å². The summed E-state index contributed by atoms with van der Waals surface area (Å²) in [6, 6.07) is 2.73. The Kier molecular flexibility index (Phi) is 5.93. The minimum Gasteiger partial charge on any atom is -0.485 e. The molecule has 8 heteroatoms. The molecule has 0 unspecified atom stereocenters. The van der Waals surface area contributed by atoms with Crippen molar-refractivity contribution in [2.75, 3.05) is 25.5 Å². The van der Waals surface area contributed by atoms with Crippen LogP contribution >= 0.6 is 0 Å². The number of urea groups is 1. The van der Waals surface area contributed by atoms with Crippen molar-refractivity contribution in [2.45, 2.75) is 37.7 Å². The van der Waals surface area contributed by atoms with Crippen LogP contribution in [0.5, 0.6) is 5.75 Å². The van der Waals surface area contributed by atoms with Gasteiger partial charge in [0.05, 0.1) is 17.8 Å². The summed E-state index contributed by atoms with van der Waals surface area (Å²) in [6.07, 6.45) is 0.370. The lowest BCUT2D eigenvalue weighted by molar-refractivity contribution is 0.0261. The van der Waals surface area contributed by atoms with Crippen molar-refractivity contribution in [3.63, 3.8) is 0 Å². The van der Waals surface area contributed by atoms with Crippen molar-refractivity contribution in [3.05, 3.63) is 24.0 Å². The third-order valence-corrected chi connectivity index (χ3v) is 3.96. The summed E-state index contributed by atoms with van der Waals surface area (Å²) < 4.78 is 42.6. The molecule has 2 N–H and O–H groups in total. The molecule has 0 heterocycles. The molecule has 0 radical (unpaired) electrons. The van der Waals surface area contributed by atoms with Crippen LogP contribution in [0.15, 0.2) is 18.2 Å².